The molecule has 1 N–H and O–H groups in total. The molecule has 0 aliphatic rings. The van der Waals surface area contributed by atoms with Crippen LogP contribution in [0, 0.1) is 0 Å². The second kappa shape index (κ2) is 5.89. The lowest BCUT2D eigenvalue weighted by molar-refractivity contribution is 0.475. The highest BCUT2D eigenvalue weighted by Gasteiger charge is 2.26. The Bertz CT molecular complexity index is 932. The molecule has 5 nitrogen and oxygen atoms in total. The minimum absolute atomic E-state index is 0.0917. The van der Waals surface area contributed by atoms with Gasteiger partial charge in [0.05, 0.1) is 11.2 Å². The lowest BCUT2D eigenvalue weighted by Crippen LogP contribution is -2.31. The fraction of sp³-hybridized carbons (Fsp3) is 0.118. The molecule has 6 heteroatoms. The zero-order valence-corrected chi connectivity index (χ0v) is 13.4. The molecule has 0 amide bonds. The van der Waals surface area contributed by atoms with Gasteiger partial charge in [-0.25, -0.2) is 8.42 Å². The number of fused-ring (bicyclic) bond motifs is 1. The molecule has 0 bridgehead atoms. The van der Waals surface area contributed by atoms with Gasteiger partial charge >= 0.3 is 0 Å². The van der Waals surface area contributed by atoms with E-state index >= 15 is 0 Å². The van der Waals surface area contributed by atoms with E-state index < -0.39 is 10.0 Å². The SMILES string of the molecule is CCN(c1ccc(O)cc1)S(=O)(=O)c1cccc2cccnc12. The van der Waals surface area contributed by atoms with Crippen LogP contribution in [0.25, 0.3) is 10.9 Å². The Labute approximate surface area is 134 Å². The molecule has 0 spiro atoms. The van der Waals surface area contributed by atoms with Gasteiger partial charge in [-0.3, -0.25) is 9.29 Å². The van der Waals surface area contributed by atoms with Gasteiger partial charge in [0.15, 0.2) is 0 Å². The van der Waals surface area contributed by atoms with E-state index in [0.29, 0.717) is 11.2 Å². The Morgan fingerprint density at radius 1 is 1.04 bits per heavy atom. The molecule has 0 fully saturated rings. The molecule has 3 aromatic rings. The zero-order chi connectivity index (χ0) is 16.4. The summed E-state index contributed by atoms with van der Waals surface area (Å²) in [6.07, 6.45) is 1.58. The minimum Gasteiger partial charge on any atom is -0.508 e. The standard InChI is InChI=1S/C17H16N2O3S/c1-2-19(14-8-10-15(20)11-9-14)23(21,22)16-7-3-5-13-6-4-12-18-17(13)16/h3-12,20H,2H2,1H3. The maximum absolute atomic E-state index is 13.1. The molecule has 1 heterocycles. The number of pyridine rings is 1. The monoisotopic (exact) mass is 328 g/mol. The van der Waals surface area contributed by atoms with Gasteiger partial charge in [0, 0.05) is 18.1 Å². The largest absolute Gasteiger partial charge is 0.508 e. The summed E-state index contributed by atoms with van der Waals surface area (Å²) in [5.41, 5.74) is 0.950. The number of hydrogen-bond donors (Lipinski definition) is 1. The first kappa shape index (κ1) is 15.3. The maximum atomic E-state index is 13.1. The van der Waals surface area contributed by atoms with Crippen molar-refractivity contribution in [1.29, 1.82) is 0 Å². The Hall–Kier alpha value is -2.60. The van der Waals surface area contributed by atoms with Crippen molar-refractivity contribution in [2.24, 2.45) is 0 Å². The summed E-state index contributed by atoms with van der Waals surface area (Å²) >= 11 is 0. The molecule has 2 aromatic carbocycles. The molecule has 0 aliphatic heterocycles. The van der Waals surface area contributed by atoms with E-state index in [1.807, 2.05) is 12.1 Å². The van der Waals surface area contributed by atoms with Crippen LogP contribution in [0.4, 0.5) is 5.69 Å². The molecule has 0 saturated heterocycles. The van der Waals surface area contributed by atoms with Crippen molar-refractivity contribution in [2.75, 3.05) is 10.8 Å². The van der Waals surface area contributed by atoms with Crippen molar-refractivity contribution < 1.29 is 13.5 Å². The molecule has 0 radical (unpaired) electrons. The number of phenolic OH excluding ortho intramolecular Hbond substituents is 1. The van der Waals surface area contributed by atoms with E-state index in [1.165, 1.54) is 16.4 Å². The molecule has 1 aromatic heterocycles. The van der Waals surface area contributed by atoms with Crippen molar-refractivity contribution in [3.8, 4) is 5.75 Å². The van der Waals surface area contributed by atoms with Crippen molar-refractivity contribution >= 4 is 26.6 Å². The van der Waals surface area contributed by atoms with Crippen LogP contribution in [-0.4, -0.2) is 25.1 Å². The molecular formula is C17H16N2O3S. The highest BCUT2D eigenvalue weighted by atomic mass is 32.2. The van der Waals surface area contributed by atoms with E-state index in [4.69, 9.17) is 0 Å². The fourth-order valence-electron chi connectivity index (χ4n) is 2.51. The normalized spacial score (nSPS) is 11.5. The first-order valence-corrected chi connectivity index (χ1v) is 8.63. The van der Waals surface area contributed by atoms with E-state index in [9.17, 15) is 13.5 Å². The van der Waals surface area contributed by atoms with Crippen LogP contribution in [0.15, 0.2) is 65.7 Å². The van der Waals surface area contributed by atoms with Gasteiger partial charge in [-0.05, 0) is 43.3 Å². The number of phenols is 1. The quantitative estimate of drug-likeness (QED) is 0.798. The molecule has 0 atom stereocenters. The molecular weight excluding hydrogens is 312 g/mol. The predicted molar refractivity (Wildman–Crippen MR) is 90.1 cm³/mol. The van der Waals surface area contributed by atoms with Gasteiger partial charge in [0.25, 0.3) is 10.0 Å². The second-order valence-corrected chi connectivity index (χ2v) is 6.85. The highest BCUT2D eigenvalue weighted by Crippen LogP contribution is 2.28. The number of aromatic nitrogens is 1. The van der Waals surface area contributed by atoms with Crippen molar-refractivity contribution in [2.45, 2.75) is 11.8 Å². The Balaban J connectivity index is 2.17. The average Bonchev–Trinajstić information content (AvgIpc) is 2.56. The van der Waals surface area contributed by atoms with E-state index in [0.717, 1.165) is 5.39 Å². The Morgan fingerprint density at radius 2 is 1.74 bits per heavy atom. The molecule has 0 saturated carbocycles. The third-order valence-corrected chi connectivity index (χ3v) is 5.52. The Kier molecular flexibility index (Phi) is 3.92. The summed E-state index contributed by atoms with van der Waals surface area (Å²) in [5.74, 6) is 0.0917. The van der Waals surface area contributed by atoms with E-state index in [2.05, 4.69) is 4.98 Å². The van der Waals surface area contributed by atoms with Crippen LogP contribution in [0.3, 0.4) is 0 Å². The fourth-order valence-corrected chi connectivity index (χ4v) is 4.16. The number of anilines is 1. The van der Waals surface area contributed by atoms with Crippen molar-refractivity contribution in [1.82, 2.24) is 4.98 Å². The molecule has 23 heavy (non-hydrogen) atoms. The van der Waals surface area contributed by atoms with Gasteiger partial charge in [0.1, 0.15) is 10.6 Å². The number of benzene rings is 2. The maximum Gasteiger partial charge on any atom is 0.266 e. The minimum atomic E-state index is -3.75. The first-order valence-electron chi connectivity index (χ1n) is 7.19. The zero-order valence-electron chi connectivity index (χ0n) is 12.5. The van der Waals surface area contributed by atoms with Crippen LogP contribution in [0.5, 0.6) is 5.75 Å². The molecule has 118 valence electrons. The molecule has 0 aliphatic carbocycles. The summed E-state index contributed by atoms with van der Waals surface area (Å²) < 4.78 is 27.5. The first-order chi connectivity index (χ1) is 11.0. The number of sulfonamides is 1. The van der Waals surface area contributed by atoms with Gasteiger partial charge in [-0.15, -0.1) is 0 Å². The number of rotatable bonds is 4. The lowest BCUT2D eigenvalue weighted by Gasteiger charge is -2.23. The summed E-state index contributed by atoms with van der Waals surface area (Å²) in [4.78, 5) is 4.40. The molecule has 3 rings (SSSR count). The topological polar surface area (TPSA) is 70.5 Å². The smallest absolute Gasteiger partial charge is 0.266 e. The summed E-state index contributed by atoms with van der Waals surface area (Å²) in [6, 6.07) is 14.8. The summed E-state index contributed by atoms with van der Waals surface area (Å²) in [7, 11) is -3.75. The number of para-hydroxylation sites is 1. The van der Waals surface area contributed by atoms with Crippen molar-refractivity contribution in [3.63, 3.8) is 0 Å². The van der Waals surface area contributed by atoms with Crippen LogP contribution in [0.2, 0.25) is 0 Å². The van der Waals surface area contributed by atoms with E-state index in [1.54, 1.807) is 43.5 Å². The summed E-state index contributed by atoms with van der Waals surface area (Å²) in [5, 5.41) is 10.2. The van der Waals surface area contributed by atoms with Crippen LogP contribution in [0.1, 0.15) is 6.92 Å². The van der Waals surface area contributed by atoms with E-state index in [-0.39, 0.29) is 17.2 Å². The molecule has 0 unspecified atom stereocenters. The van der Waals surface area contributed by atoms with Crippen LogP contribution >= 0.6 is 0 Å². The van der Waals surface area contributed by atoms with Crippen LogP contribution in [-0.2, 0) is 10.0 Å². The van der Waals surface area contributed by atoms with Gasteiger partial charge in [-0.1, -0.05) is 18.2 Å². The van der Waals surface area contributed by atoms with Gasteiger partial charge < -0.3 is 5.11 Å². The lowest BCUT2D eigenvalue weighted by atomic mass is 10.2. The third kappa shape index (κ3) is 2.73. The predicted octanol–water partition coefficient (Wildman–Crippen LogP) is 3.16. The number of hydrogen-bond acceptors (Lipinski definition) is 4. The van der Waals surface area contributed by atoms with Gasteiger partial charge in [0.2, 0.25) is 0 Å². The second-order valence-electron chi connectivity index (χ2n) is 5.02. The Morgan fingerprint density at radius 3 is 2.43 bits per heavy atom. The van der Waals surface area contributed by atoms with Crippen molar-refractivity contribution in [3.05, 3.63) is 60.8 Å². The van der Waals surface area contributed by atoms with Crippen LogP contribution < -0.4 is 4.31 Å². The highest BCUT2D eigenvalue weighted by molar-refractivity contribution is 7.93. The third-order valence-electron chi connectivity index (χ3n) is 3.59. The average molecular weight is 328 g/mol. The number of aromatic hydroxyl groups is 1. The summed E-state index contributed by atoms with van der Waals surface area (Å²) in [6.45, 7) is 2.04. The number of nitrogens with zero attached hydrogens (tertiary/aromatic N) is 2. The van der Waals surface area contributed by atoms with Gasteiger partial charge in [-0.2, -0.15) is 0 Å².